The van der Waals surface area contributed by atoms with Gasteiger partial charge in [0, 0.05) is 58.5 Å². The second kappa shape index (κ2) is 12.0. The minimum Gasteiger partial charge on any atom is -0.457 e. The van der Waals surface area contributed by atoms with E-state index in [0.29, 0.717) is 34.4 Å². The summed E-state index contributed by atoms with van der Waals surface area (Å²) in [4.78, 5) is 54.7. The lowest BCUT2D eigenvalue weighted by Gasteiger charge is -2.15. The van der Waals surface area contributed by atoms with Gasteiger partial charge in [-0.15, -0.1) is 0 Å². The van der Waals surface area contributed by atoms with Crippen molar-refractivity contribution < 1.29 is 28.7 Å². The maximum atomic E-state index is 12.2. The van der Waals surface area contributed by atoms with Crippen LogP contribution in [0.3, 0.4) is 0 Å². The zero-order valence-electron chi connectivity index (χ0n) is 25.7. The number of rotatable bonds is 8. The molecule has 236 valence electrons. The summed E-state index contributed by atoms with van der Waals surface area (Å²) in [6.07, 6.45) is 4.99. The van der Waals surface area contributed by atoms with Gasteiger partial charge in [0.2, 0.25) is 0 Å². The van der Waals surface area contributed by atoms with E-state index in [9.17, 15) is 19.2 Å². The molecule has 49 heavy (non-hydrogen) atoms. The zero-order valence-corrected chi connectivity index (χ0v) is 25.7. The summed E-state index contributed by atoms with van der Waals surface area (Å²) in [6.45, 7) is 0. The van der Waals surface area contributed by atoms with E-state index in [1.807, 2.05) is 66.7 Å². The number of aromatic amines is 1. The smallest absolute Gasteiger partial charge is 0.258 e. The summed E-state index contributed by atoms with van der Waals surface area (Å²) in [5, 5.41) is 1.02. The van der Waals surface area contributed by atoms with Crippen molar-refractivity contribution >= 4 is 45.9 Å². The van der Waals surface area contributed by atoms with E-state index in [1.165, 1.54) is 24.3 Å². The van der Waals surface area contributed by atoms with Crippen LogP contribution in [-0.2, 0) is 19.2 Å². The number of carbonyl (C=O) groups is 4. The lowest BCUT2D eigenvalue weighted by molar-refractivity contribution is -0.121. The fourth-order valence-electron chi connectivity index (χ4n) is 6.04. The van der Waals surface area contributed by atoms with E-state index in [4.69, 9.17) is 9.47 Å². The first-order valence-corrected chi connectivity index (χ1v) is 15.4. The molecule has 2 aliphatic heterocycles. The number of H-pyrrole nitrogens is 1. The molecule has 1 aromatic heterocycles. The third-order valence-corrected chi connectivity index (χ3v) is 8.19. The Hall–Kier alpha value is -7.00. The molecule has 2 aliphatic rings. The summed E-state index contributed by atoms with van der Waals surface area (Å²) < 4.78 is 12.5. The first kappa shape index (κ1) is 29.4. The number of amides is 4. The van der Waals surface area contributed by atoms with Crippen molar-refractivity contribution in [2.24, 2.45) is 0 Å². The number of ether oxygens (including phenoxy) is 2. The monoisotopic (exact) mass is 643 g/mol. The minimum absolute atomic E-state index is 0.397. The molecular formula is C40H25N3O6. The lowest BCUT2D eigenvalue weighted by atomic mass is 9.98. The van der Waals surface area contributed by atoms with Crippen LogP contribution in [0.25, 0.3) is 33.3 Å². The first-order valence-electron chi connectivity index (χ1n) is 15.4. The summed E-state index contributed by atoms with van der Waals surface area (Å²) >= 11 is 0. The van der Waals surface area contributed by atoms with Crippen LogP contribution in [0.5, 0.6) is 23.0 Å². The zero-order chi connectivity index (χ0) is 33.5. The van der Waals surface area contributed by atoms with Crippen LogP contribution in [0.15, 0.2) is 146 Å². The molecule has 0 saturated heterocycles. The Morgan fingerprint density at radius 1 is 0.449 bits per heavy atom. The van der Waals surface area contributed by atoms with Gasteiger partial charge in [0.15, 0.2) is 0 Å². The van der Waals surface area contributed by atoms with Gasteiger partial charge in [0.05, 0.1) is 17.1 Å². The van der Waals surface area contributed by atoms with Gasteiger partial charge in [-0.05, 0) is 60.2 Å². The van der Waals surface area contributed by atoms with Crippen molar-refractivity contribution in [1.82, 2.24) is 4.98 Å². The van der Waals surface area contributed by atoms with Crippen LogP contribution < -0.4 is 19.3 Å². The largest absolute Gasteiger partial charge is 0.457 e. The predicted octanol–water partition coefficient (Wildman–Crippen LogP) is 7.95. The number of hydrogen-bond donors (Lipinski definition) is 1. The van der Waals surface area contributed by atoms with E-state index >= 15 is 0 Å². The Labute approximate surface area is 279 Å². The summed E-state index contributed by atoms with van der Waals surface area (Å²) in [6, 6.07) is 37.1. The number of aromatic nitrogens is 1. The maximum absolute atomic E-state index is 12.2. The highest BCUT2D eigenvalue weighted by atomic mass is 16.5. The van der Waals surface area contributed by atoms with E-state index in [1.54, 1.807) is 48.5 Å². The predicted molar refractivity (Wildman–Crippen MR) is 185 cm³/mol. The van der Waals surface area contributed by atoms with E-state index in [0.717, 1.165) is 43.1 Å². The molecule has 8 rings (SSSR count). The van der Waals surface area contributed by atoms with E-state index in [-0.39, 0.29) is 0 Å². The van der Waals surface area contributed by atoms with Crippen molar-refractivity contribution in [3.63, 3.8) is 0 Å². The maximum Gasteiger partial charge on any atom is 0.258 e. The summed E-state index contributed by atoms with van der Waals surface area (Å²) in [5.41, 5.74) is 5.42. The molecule has 1 N–H and O–H groups in total. The van der Waals surface area contributed by atoms with Gasteiger partial charge in [0.25, 0.3) is 23.6 Å². The van der Waals surface area contributed by atoms with Crippen molar-refractivity contribution in [2.45, 2.75) is 0 Å². The number of para-hydroxylation sites is 1. The average Bonchev–Trinajstić information content (AvgIpc) is 3.78. The molecule has 0 aliphatic carbocycles. The number of anilines is 2. The van der Waals surface area contributed by atoms with Gasteiger partial charge in [0.1, 0.15) is 23.0 Å². The Morgan fingerprint density at radius 3 is 1.45 bits per heavy atom. The van der Waals surface area contributed by atoms with E-state index < -0.39 is 23.6 Å². The van der Waals surface area contributed by atoms with Crippen molar-refractivity contribution in [3.8, 4) is 45.4 Å². The van der Waals surface area contributed by atoms with Gasteiger partial charge in [-0.2, -0.15) is 0 Å². The molecule has 0 spiro atoms. The third-order valence-electron chi connectivity index (χ3n) is 8.19. The van der Waals surface area contributed by atoms with Crippen LogP contribution in [0, 0.1) is 0 Å². The van der Waals surface area contributed by atoms with Gasteiger partial charge < -0.3 is 14.5 Å². The standard InChI is InChI=1S/C40H25N3O6/c44-35-17-18-36(45)42(35)27-9-5-13-31(23-27)48-29-11-3-7-25(21-29)39-33-15-1-2-16-34(33)41-40(39)26-8-4-12-30(22-26)49-32-14-6-10-28(24-32)43-37(46)19-20-38(43)47/h1-24,41H. The molecule has 0 unspecified atom stereocenters. The van der Waals surface area contributed by atoms with Crippen molar-refractivity contribution in [2.75, 3.05) is 9.80 Å². The molecule has 5 aromatic carbocycles. The fourth-order valence-corrected chi connectivity index (χ4v) is 6.04. The van der Waals surface area contributed by atoms with Crippen LogP contribution >= 0.6 is 0 Å². The third kappa shape index (κ3) is 5.55. The molecule has 0 bridgehead atoms. The number of fused-ring (bicyclic) bond motifs is 1. The van der Waals surface area contributed by atoms with Crippen LogP contribution in [0.4, 0.5) is 11.4 Å². The van der Waals surface area contributed by atoms with Crippen molar-refractivity contribution in [1.29, 1.82) is 0 Å². The van der Waals surface area contributed by atoms with Crippen LogP contribution in [0.1, 0.15) is 0 Å². The number of benzene rings is 5. The second-order valence-electron chi connectivity index (χ2n) is 11.4. The normalized spacial score (nSPS) is 14.0. The Balaban J connectivity index is 1.11. The SMILES string of the molecule is O=C1C=CC(=O)N1c1cccc(Oc2cccc(-c3[nH]c4ccccc4c3-c3cccc(Oc4cccc(N5C(=O)C=CC5=O)c4)c3)c2)c1. The summed E-state index contributed by atoms with van der Waals surface area (Å²) in [5.74, 6) is 0.506. The molecule has 0 radical (unpaired) electrons. The topological polar surface area (TPSA) is 109 Å². The number of nitrogens with one attached hydrogen (secondary N) is 1. The number of hydrogen-bond acceptors (Lipinski definition) is 6. The van der Waals surface area contributed by atoms with Gasteiger partial charge in [-0.1, -0.05) is 54.6 Å². The van der Waals surface area contributed by atoms with E-state index in [2.05, 4.69) is 11.1 Å². The molecule has 6 aromatic rings. The Morgan fingerprint density at radius 2 is 0.898 bits per heavy atom. The van der Waals surface area contributed by atoms with Crippen LogP contribution in [0.2, 0.25) is 0 Å². The molecule has 9 nitrogen and oxygen atoms in total. The molecule has 9 heteroatoms. The number of nitrogens with zero attached hydrogens (tertiary/aromatic N) is 2. The van der Waals surface area contributed by atoms with Crippen LogP contribution in [-0.4, -0.2) is 28.6 Å². The average molecular weight is 644 g/mol. The summed E-state index contributed by atoms with van der Waals surface area (Å²) in [7, 11) is 0. The number of carbonyl (C=O) groups excluding carboxylic acids is 4. The second-order valence-corrected chi connectivity index (χ2v) is 11.4. The highest BCUT2D eigenvalue weighted by Gasteiger charge is 2.26. The quantitative estimate of drug-likeness (QED) is 0.169. The molecule has 3 heterocycles. The first-order chi connectivity index (χ1) is 23.9. The lowest BCUT2D eigenvalue weighted by Crippen LogP contribution is -2.29. The molecular weight excluding hydrogens is 618 g/mol. The van der Waals surface area contributed by atoms with Gasteiger partial charge >= 0.3 is 0 Å². The number of imide groups is 2. The fraction of sp³-hybridized carbons (Fsp3) is 0. The van der Waals surface area contributed by atoms with Gasteiger partial charge in [-0.25, -0.2) is 9.80 Å². The highest BCUT2D eigenvalue weighted by Crippen LogP contribution is 2.41. The molecule has 0 atom stereocenters. The molecule has 0 fully saturated rings. The Bertz CT molecular complexity index is 2370. The molecule has 4 amide bonds. The Kier molecular flexibility index (Phi) is 7.19. The molecule has 0 saturated carbocycles. The minimum atomic E-state index is -0.397. The van der Waals surface area contributed by atoms with Crippen molar-refractivity contribution in [3.05, 3.63) is 146 Å². The highest BCUT2D eigenvalue weighted by molar-refractivity contribution is 6.28. The van der Waals surface area contributed by atoms with Gasteiger partial charge in [-0.3, -0.25) is 19.2 Å².